The molecule has 2 atom stereocenters. The van der Waals surface area contributed by atoms with E-state index in [9.17, 15) is 4.79 Å². The summed E-state index contributed by atoms with van der Waals surface area (Å²) in [6.45, 7) is 8.18. The maximum absolute atomic E-state index is 13.1. The van der Waals surface area contributed by atoms with E-state index in [2.05, 4.69) is 51.1 Å². The van der Waals surface area contributed by atoms with Crippen LogP contribution in [0.2, 0.25) is 0 Å². The molecule has 1 aliphatic carbocycles. The number of thiophene rings is 1. The Hall–Kier alpha value is -1.65. The molecule has 1 aromatic carbocycles. The number of benzene rings is 1. The van der Waals surface area contributed by atoms with Gasteiger partial charge in [0.2, 0.25) is 0 Å². The smallest absolute Gasteiger partial charge is 0.264 e. The summed E-state index contributed by atoms with van der Waals surface area (Å²) in [5, 5.41) is 0. The van der Waals surface area contributed by atoms with Gasteiger partial charge in [-0.15, -0.1) is 11.3 Å². The van der Waals surface area contributed by atoms with E-state index in [0.29, 0.717) is 12.5 Å². The lowest BCUT2D eigenvalue weighted by Gasteiger charge is -2.32. The van der Waals surface area contributed by atoms with E-state index in [0.717, 1.165) is 24.3 Å². The summed E-state index contributed by atoms with van der Waals surface area (Å²) in [5.41, 5.74) is 9.94. The Bertz CT molecular complexity index is 823. The van der Waals surface area contributed by atoms with Gasteiger partial charge in [0.15, 0.2) is 0 Å². The summed E-state index contributed by atoms with van der Waals surface area (Å²) < 4.78 is 0. The average molecular weight is 355 g/mol. The number of nitrogens with two attached hydrogens (primary N) is 1. The van der Waals surface area contributed by atoms with Gasteiger partial charge in [0.25, 0.3) is 5.91 Å². The van der Waals surface area contributed by atoms with Crippen LogP contribution in [0, 0.1) is 5.92 Å². The molecule has 2 N–H and O–H groups in total. The molecular formula is C21H26N2OS. The molecule has 2 aromatic rings. The van der Waals surface area contributed by atoms with Crippen LogP contribution in [0.3, 0.4) is 0 Å². The lowest BCUT2D eigenvalue weighted by atomic mass is 9.73. The van der Waals surface area contributed by atoms with Crippen molar-refractivity contribution in [3.8, 4) is 10.4 Å². The highest BCUT2D eigenvalue weighted by atomic mass is 32.1. The van der Waals surface area contributed by atoms with Crippen molar-refractivity contribution in [1.82, 2.24) is 4.90 Å². The molecule has 2 heterocycles. The van der Waals surface area contributed by atoms with Gasteiger partial charge in [0.05, 0.1) is 4.88 Å². The van der Waals surface area contributed by atoms with Gasteiger partial charge in [-0.25, -0.2) is 0 Å². The van der Waals surface area contributed by atoms with Gasteiger partial charge in [0.1, 0.15) is 0 Å². The molecule has 2 unspecified atom stereocenters. The highest BCUT2D eigenvalue weighted by Gasteiger charge is 2.36. The number of nitrogens with zero attached hydrogens (tertiary/aromatic N) is 1. The SMILES string of the molecule is CC1CC(CN)CN1C(=O)c1cc2c(s1)-c1ccccc1C(C)(C)C2. The van der Waals surface area contributed by atoms with Gasteiger partial charge in [-0.05, 0) is 60.4 Å². The van der Waals surface area contributed by atoms with E-state index in [1.54, 1.807) is 11.3 Å². The van der Waals surface area contributed by atoms with E-state index < -0.39 is 0 Å². The summed E-state index contributed by atoms with van der Waals surface area (Å²) in [6.07, 6.45) is 2.01. The zero-order valence-electron chi connectivity index (χ0n) is 15.2. The van der Waals surface area contributed by atoms with Crippen LogP contribution in [0.5, 0.6) is 0 Å². The largest absolute Gasteiger partial charge is 0.335 e. The zero-order chi connectivity index (χ0) is 17.8. The monoisotopic (exact) mass is 354 g/mol. The first-order valence-corrected chi connectivity index (χ1v) is 9.96. The van der Waals surface area contributed by atoms with Crippen LogP contribution < -0.4 is 5.73 Å². The van der Waals surface area contributed by atoms with Gasteiger partial charge in [0, 0.05) is 17.5 Å². The quantitative estimate of drug-likeness (QED) is 0.884. The van der Waals surface area contributed by atoms with Crippen LogP contribution in [-0.2, 0) is 11.8 Å². The van der Waals surface area contributed by atoms with Crippen molar-refractivity contribution in [2.45, 2.75) is 45.1 Å². The molecule has 1 aromatic heterocycles. The summed E-state index contributed by atoms with van der Waals surface area (Å²) in [4.78, 5) is 17.3. The molecule has 1 saturated heterocycles. The Morgan fingerprint density at radius 3 is 2.84 bits per heavy atom. The molecule has 1 amide bonds. The molecule has 0 bridgehead atoms. The minimum atomic E-state index is 0.108. The van der Waals surface area contributed by atoms with Crippen molar-refractivity contribution >= 4 is 17.2 Å². The third-order valence-corrected chi connectivity index (χ3v) is 7.01. The first-order chi connectivity index (χ1) is 11.9. The predicted octanol–water partition coefficient (Wildman–Crippen LogP) is 4.06. The van der Waals surface area contributed by atoms with Crippen molar-refractivity contribution < 1.29 is 4.79 Å². The molecule has 2 aliphatic rings. The second-order valence-electron chi connectivity index (χ2n) is 8.22. The van der Waals surface area contributed by atoms with E-state index in [1.807, 2.05) is 4.90 Å². The fourth-order valence-corrected chi connectivity index (χ4v) is 5.65. The van der Waals surface area contributed by atoms with Crippen molar-refractivity contribution in [3.05, 3.63) is 46.3 Å². The summed E-state index contributed by atoms with van der Waals surface area (Å²) in [5.74, 6) is 0.617. The molecule has 4 heteroatoms. The van der Waals surface area contributed by atoms with Gasteiger partial charge in [-0.3, -0.25) is 4.79 Å². The minimum Gasteiger partial charge on any atom is -0.335 e. The molecule has 1 fully saturated rings. The van der Waals surface area contributed by atoms with E-state index in [-0.39, 0.29) is 17.4 Å². The number of carbonyl (C=O) groups excluding carboxylic acids is 1. The van der Waals surface area contributed by atoms with Crippen LogP contribution in [-0.4, -0.2) is 29.9 Å². The standard InChI is InChI=1S/C21H26N2OS/c1-13-8-14(11-22)12-23(13)20(24)18-9-15-10-21(2,3)17-7-5-4-6-16(17)19(15)25-18/h4-7,9,13-14H,8,10-12,22H2,1-3H3. The summed E-state index contributed by atoms with van der Waals surface area (Å²) >= 11 is 1.66. The fraction of sp³-hybridized carbons (Fsp3) is 0.476. The molecule has 0 spiro atoms. The summed E-state index contributed by atoms with van der Waals surface area (Å²) in [7, 11) is 0. The normalized spacial score (nSPS) is 24.1. The molecular weight excluding hydrogens is 328 g/mol. The van der Waals surface area contributed by atoms with E-state index >= 15 is 0 Å². The van der Waals surface area contributed by atoms with E-state index in [1.165, 1.54) is 21.6 Å². The highest BCUT2D eigenvalue weighted by molar-refractivity contribution is 7.17. The van der Waals surface area contributed by atoms with Gasteiger partial charge in [-0.2, -0.15) is 0 Å². The number of rotatable bonds is 2. The topological polar surface area (TPSA) is 46.3 Å². The Morgan fingerprint density at radius 2 is 2.12 bits per heavy atom. The molecule has 132 valence electrons. The number of likely N-dealkylation sites (tertiary alicyclic amines) is 1. The Balaban J connectivity index is 1.70. The van der Waals surface area contributed by atoms with Crippen LogP contribution in [0.1, 0.15) is 48.0 Å². The van der Waals surface area contributed by atoms with Crippen LogP contribution in [0.4, 0.5) is 0 Å². The van der Waals surface area contributed by atoms with Crippen LogP contribution >= 0.6 is 11.3 Å². The maximum Gasteiger partial charge on any atom is 0.264 e. The molecule has 1 aliphatic heterocycles. The van der Waals surface area contributed by atoms with Gasteiger partial charge < -0.3 is 10.6 Å². The second-order valence-corrected chi connectivity index (χ2v) is 9.27. The number of carbonyl (C=O) groups is 1. The third kappa shape index (κ3) is 2.72. The molecule has 4 rings (SSSR count). The minimum absolute atomic E-state index is 0.108. The first kappa shape index (κ1) is 16.8. The Morgan fingerprint density at radius 1 is 1.36 bits per heavy atom. The van der Waals surface area contributed by atoms with E-state index in [4.69, 9.17) is 5.73 Å². The second kappa shape index (κ2) is 5.96. The Labute approximate surface area is 153 Å². The zero-order valence-corrected chi connectivity index (χ0v) is 16.0. The number of amides is 1. The maximum atomic E-state index is 13.1. The van der Waals surface area contributed by atoms with Gasteiger partial charge in [-0.1, -0.05) is 38.1 Å². The van der Waals surface area contributed by atoms with Crippen LogP contribution in [0.25, 0.3) is 10.4 Å². The fourth-order valence-electron chi connectivity index (χ4n) is 4.47. The van der Waals surface area contributed by atoms with Crippen LogP contribution in [0.15, 0.2) is 30.3 Å². The number of hydrogen-bond acceptors (Lipinski definition) is 3. The number of fused-ring (bicyclic) bond motifs is 3. The predicted molar refractivity (Wildman–Crippen MR) is 104 cm³/mol. The molecule has 25 heavy (non-hydrogen) atoms. The average Bonchev–Trinajstić information content (AvgIpc) is 3.17. The Kier molecular flexibility index (Phi) is 4.00. The highest BCUT2D eigenvalue weighted by Crippen LogP contribution is 2.46. The molecule has 0 saturated carbocycles. The van der Waals surface area contributed by atoms with Crippen molar-refractivity contribution in [3.63, 3.8) is 0 Å². The van der Waals surface area contributed by atoms with Gasteiger partial charge >= 0.3 is 0 Å². The van der Waals surface area contributed by atoms with Crippen molar-refractivity contribution in [2.75, 3.05) is 13.1 Å². The number of hydrogen-bond donors (Lipinski definition) is 1. The lowest BCUT2D eigenvalue weighted by molar-refractivity contribution is 0.0748. The van der Waals surface area contributed by atoms with Crippen molar-refractivity contribution in [1.29, 1.82) is 0 Å². The molecule has 0 radical (unpaired) electrons. The van der Waals surface area contributed by atoms with Crippen molar-refractivity contribution in [2.24, 2.45) is 11.7 Å². The summed E-state index contributed by atoms with van der Waals surface area (Å²) in [6, 6.07) is 11.1. The molecule has 3 nitrogen and oxygen atoms in total. The third-order valence-electron chi connectivity index (χ3n) is 5.81. The lowest BCUT2D eigenvalue weighted by Crippen LogP contribution is -2.33. The first-order valence-electron chi connectivity index (χ1n) is 9.14.